The van der Waals surface area contributed by atoms with Gasteiger partial charge in [-0.3, -0.25) is 4.79 Å². The van der Waals surface area contributed by atoms with Gasteiger partial charge in [-0.05, 0) is 65.4 Å². The number of aliphatic carboxylic acids is 1. The Hall–Kier alpha value is -2.69. The average molecular weight is 604 g/mol. The van der Waals surface area contributed by atoms with Crippen molar-refractivity contribution in [1.29, 1.82) is 0 Å². The molecule has 0 radical (unpaired) electrons. The molecule has 3 aromatic carbocycles. The molecule has 0 aliphatic rings. The Balaban J connectivity index is 2.04. The van der Waals surface area contributed by atoms with Crippen LogP contribution in [0.3, 0.4) is 0 Å². The van der Waals surface area contributed by atoms with Crippen molar-refractivity contribution in [1.82, 2.24) is 0 Å². The van der Waals surface area contributed by atoms with E-state index in [0.29, 0.717) is 23.1 Å². The standard InChI is InChI=1S/C26H22F5IO3/c1-15(2)11-23(24(33)34)18-12-17(16-3-5-20(6-4-16)26(30,31)32)13-22(14-18)35-21-9-7-19(8-10-21)25(27,28)29/h3-10,12-15,23H,11H2,1-2H3,(H,33,34). The minimum Gasteiger partial charge on any atom is -0.481 e. The van der Waals surface area contributed by atoms with Gasteiger partial charge >= 0.3 is 16.1 Å². The summed E-state index contributed by atoms with van der Waals surface area (Å²) in [7, 11) is 0. The van der Waals surface area contributed by atoms with Crippen molar-refractivity contribution >= 4 is 28.6 Å². The van der Waals surface area contributed by atoms with Crippen LogP contribution in [0.2, 0.25) is 0 Å². The molecule has 0 spiro atoms. The summed E-state index contributed by atoms with van der Waals surface area (Å²) in [6.45, 7) is 3.78. The van der Waals surface area contributed by atoms with Crippen LogP contribution >= 0.6 is 22.6 Å². The number of hydrogen-bond acceptors (Lipinski definition) is 2. The van der Waals surface area contributed by atoms with Crippen LogP contribution < -0.4 is 4.74 Å². The van der Waals surface area contributed by atoms with E-state index in [-0.39, 0.29) is 23.0 Å². The van der Waals surface area contributed by atoms with Crippen LogP contribution in [-0.2, 0) is 14.9 Å². The van der Waals surface area contributed by atoms with Crippen molar-refractivity contribution in [3.05, 3.63) is 83.4 Å². The minimum atomic E-state index is -4.49. The fourth-order valence-electron chi connectivity index (χ4n) is 3.60. The molecule has 3 rings (SSSR count). The van der Waals surface area contributed by atoms with Gasteiger partial charge in [-0.15, -0.1) is 0 Å². The first kappa shape index (κ1) is 26.9. The molecule has 1 atom stereocenters. The summed E-state index contributed by atoms with van der Waals surface area (Å²) in [5, 5.41) is 9.82. The maximum Gasteiger partial charge on any atom is 0.416 e. The number of benzene rings is 3. The lowest BCUT2D eigenvalue weighted by Gasteiger charge is -2.18. The molecule has 3 nitrogen and oxygen atoms in total. The van der Waals surface area contributed by atoms with E-state index >= 15 is 0 Å². The first-order valence-electron chi connectivity index (χ1n) is 10.6. The van der Waals surface area contributed by atoms with Crippen LogP contribution in [0.15, 0.2) is 66.7 Å². The number of rotatable bonds is 8. The molecule has 0 fully saturated rings. The smallest absolute Gasteiger partial charge is 0.416 e. The van der Waals surface area contributed by atoms with Crippen LogP contribution in [-0.4, -0.2) is 11.1 Å². The average Bonchev–Trinajstić information content (AvgIpc) is 2.76. The second kappa shape index (κ2) is 10.5. The molecule has 0 heterocycles. The van der Waals surface area contributed by atoms with Gasteiger partial charge in [-0.1, -0.05) is 44.2 Å². The molecule has 0 saturated carbocycles. The fraction of sp³-hybridized carbons (Fsp3) is 0.269. The van der Waals surface area contributed by atoms with Crippen molar-refractivity contribution in [3.8, 4) is 22.6 Å². The minimum absolute atomic E-state index is 0.0733. The van der Waals surface area contributed by atoms with Crippen molar-refractivity contribution in [2.24, 2.45) is 5.92 Å². The second-order valence-corrected chi connectivity index (χ2v) is 9.87. The predicted octanol–water partition coefficient (Wildman–Crippen LogP) is 8.86. The van der Waals surface area contributed by atoms with Gasteiger partial charge in [0.05, 0.1) is 11.5 Å². The van der Waals surface area contributed by atoms with Crippen molar-refractivity contribution in [2.45, 2.75) is 36.3 Å². The number of carbonyl (C=O) groups is 1. The maximum atomic E-state index is 13.6. The Kier molecular flexibility index (Phi) is 8.08. The Morgan fingerprint density at radius 1 is 0.857 bits per heavy atom. The number of carboxylic acids is 1. The molecule has 186 valence electrons. The summed E-state index contributed by atoms with van der Waals surface area (Å²) in [5.41, 5.74) is 0.524. The normalized spacial score (nSPS) is 13.1. The zero-order valence-electron chi connectivity index (χ0n) is 18.7. The van der Waals surface area contributed by atoms with Crippen molar-refractivity contribution < 1.29 is 36.6 Å². The predicted molar refractivity (Wildman–Crippen MR) is 131 cm³/mol. The lowest BCUT2D eigenvalue weighted by molar-refractivity contribution is -0.139. The van der Waals surface area contributed by atoms with E-state index in [1.807, 2.05) is 13.8 Å². The topological polar surface area (TPSA) is 46.5 Å². The summed E-state index contributed by atoms with van der Waals surface area (Å²) >= 11 is 1.04. The molecule has 0 bridgehead atoms. The molecule has 1 N–H and O–H groups in total. The molecule has 9 heteroatoms. The SMILES string of the molecule is CC(C)CC(C(=O)O)c1cc(Oc2ccc(C(F)(F)F)cc2)cc(-c2ccc(C(F)(F)I)cc2)c1. The summed E-state index contributed by atoms with van der Waals surface area (Å²) in [5.74, 6) is -1.46. The first-order chi connectivity index (χ1) is 16.2. The highest BCUT2D eigenvalue weighted by atomic mass is 127. The number of hydrogen-bond donors (Lipinski definition) is 1. The number of carboxylic acid groups (broad SMARTS) is 1. The summed E-state index contributed by atoms with van der Waals surface area (Å²) in [6, 6.07) is 14.5. The number of ether oxygens (including phenoxy) is 1. The molecule has 0 aliphatic carbocycles. The quantitative estimate of drug-likeness (QED) is 0.159. The Labute approximate surface area is 213 Å². The van der Waals surface area contributed by atoms with Gasteiger partial charge in [-0.25, -0.2) is 0 Å². The molecule has 3 aromatic rings. The highest BCUT2D eigenvalue weighted by Crippen LogP contribution is 2.38. The van der Waals surface area contributed by atoms with E-state index in [1.54, 1.807) is 12.1 Å². The van der Waals surface area contributed by atoms with Crippen LogP contribution in [0.4, 0.5) is 22.0 Å². The second-order valence-electron chi connectivity index (χ2n) is 8.51. The van der Waals surface area contributed by atoms with Gasteiger partial charge in [0, 0.05) is 28.2 Å². The van der Waals surface area contributed by atoms with E-state index in [0.717, 1.165) is 34.7 Å². The Bertz CT molecular complexity index is 1170. The van der Waals surface area contributed by atoms with Crippen molar-refractivity contribution in [2.75, 3.05) is 0 Å². The molecule has 0 aliphatic heterocycles. The van der Waals surface area contributed by atoms with E-state index < -0.39 is 27.6 Å². The highest BCUT2D eigenvalue weighted by molar-refractivity contribution is 14.1. The lowest BCUT2D eigenvalue weighted by atomic mass is 9.88. The van der Waals surface area contributed by atoms with E-state index in [1.165, 1.54) is 42.5 Å². The zero-order valence-corrected chi connectivity index (χ0v) is 20.9. The molecule has 1 unspecified atom stereocenters. The third-order valence-electron chi connectivity index (χ3n) is 5.30. The van der Waals surface area contributed by atoms with E-state index in [2.05, 4.69) is 0 Å². The Morgan fingerprint density at radius 2 is 1.43 bits per heavy atom. The molecule has 0 amide bonds. The zero-order chi connectivity index (χ0) is 26.0. The fourth-order valence-corrected chi connectivity index (χ4v) is 3.96. The van der Waals surface area contributed by atoms with Gasteiger partial charge in [-0.2, -0.15) is 22.0 Å². The largest absolute Gasteiger partial charge is 0.481 e. The van der Waals surface area contributed by atoms with Crippen LogP contribution in [0, 0.1) is 5.92 Å². The third kappa shape index (κ3) is 7.16. The van der Waals surface area contributed by atoms with Crippen LogP contribution in [0.1, 0.15) is 42.9 Å². The van der Waals surface area contributed by atoms with Gasteiger partial charge < -0.3 is 9.84 Å². The van der Waals surface area contributed by atoms with E-state index in [9.17, 15) is 31.9 Å². The number of alkyl halides is 6. The van der Waals surface area contributed by atoms with Gasteiger partial charge in [0.15, 0.2) is 0 Å². The highest BCUT2D eigenvalue weighted by Gasteiger charge is 2.30. The molecule has 0 saturated heterocycles. The van der Waals surface area contributed by atoms with Crippen LogP contribution in [0.25, 0.3) is 11.1 Å². The monoisotopic (exact) mass is 604 g/mol. The molecular formula is C26H22F5IO3. The van der Waals surface area contributed by atoms with E-state index in [4.69, 9.17) is 4.74 Å². The Morgan fingerprint density at radius 3 is 1.91 bits per heavy atom. The summed E-state index contributed by atoms with van der Waals surface area (Å²) < 4.78 is 68.6. The molecule has 35 heavy (non-hydrogen) atoms. The van der Waals surface area contributed by atoms with Gasteiger partial charge in [0.1, 0.15) is 11.5 Å². The first-order valence-corrected chi connectivity index (χ1v) is 11.7. The van der Waals surface area contributed by atoms with Gasteiger partial charge in [0.2, 0.25) is 0 Å². The van der Waals surface area contributed by atoms with Crippen LogP contribution in [0.5, 0.6) is 11.5 Å². The van der Waals surface area contributed by atoms with Crippen molar-refractivity contribution in [3.63, 3.8) is 0 Å². The lowest BCUT2D eigenvalue weighted by Crippen LogP contribution is -2.14. The molecular weight excluding hydrogens is 582 g/mol. The molecule has 0 aromatic heterocycles. The maximum absolute atomic E-state index is 13.6. The summed E-state index contributed by atoms with van der Waals surface area (Å²) in [6.07, 6.45) is -4.14. The summed E-state index contributed by atoms with van der Waals surface area (Å²) in [4.78, 5) is 12.0. The third-order valence-corrected chi connectivity index (χ3v) is 5.92. The van der Waals surface area contributed by atoms with Gasteiger partial charge in [0.25, 0.3) is 0 Å². The number of halogens is 6.